The number of aryl methyl sites for hydroxylation is 2. The molecule has 0 spiro atoms. The highest BCUT2D eigenvalue weighted by molar-refractivity contribution is 5.72. The Balaban J connectivity index is 0.000000197. The van der Waals surface area contributed by atoms with Gasteiger partial charge in [0.05, 0.1) is 30.5 Å². The summed E-state index contributed by atoms with van der Waals surface area (Å²) in [6, 6.07) is 45.9. The second-order valence-electron chi connectivity index (χ2n) is 14.8. The zero-order valence-corrected chi connectivity index (χ0v) is 34.4. The van der Waals surface area contributed by atoms with Crippen LogP contribution in [-0.2, 0) is 24.2 Å². The first-order valence-corrected chi connectivity index (χ1v) is 20.4. The highest BCUT2D eigenvalue weighted by Gasteiger charge is 2.38. The number of likely N-dealkylation sites (tertiary alicyclic amines) is 1. The van der Waals surface area contributed by atoms with Gasteiger partial charge in [0.15, 0.2) is 0 Å². The summed E-state index contributed by atoms with van der Waals surface area (Å²) >= 11 is 0. The van der Waals surface area contributed by atoms with E-state index < -0.39 is 11.9 Å². The molecule has 306 valence electrons. The van der Waals surface area contributed by atoms with Crippen LogP contribution in [0, 0.1) is 19.8 Å². The molecule has 1 aliphatic heterocycles. The third-order valence-corrected chi connectivity index (χ3v) is 10.6. The Morgan fingerprint density at radius 2 is 1.17 bits per heavy atom. The molecule has 7 aromatic rings. The molecular weight excluding hydrogens is 751 g/mol. The van der Waals surface area contributed by atoms with E-state index in [1.807, 2.05) is 154 Å². The molecule has 5 aromatic carbocycles. The Morgan fingerprint density at radius 1 is 0.683 bits per heavy atom. The van der Waals surface area contributed by atoms with E-state index in [2.05, 4.69) is 33.1 Å². The smallest absolute Gasteiger partial charge is 0.308 e. The topological polar surface area (TPSA) is 111 Å². The fourth-order valence-corrected chi connectivity index (χ4v) is 7.38. The van der Waals surface area contributed by atoms with Gasteiger partial charge in [-0.25, -0.2) is 9.97 Å². The zero-order valence-electron chi connectivity index (χ0n) is 34.4. The number of carbonyl (C=O) groups is 1. The maximum atomic E-state index is 12.0. The lowest BCUT2D eigenvalue weighted by Gasteiger charge is -2.17. The van der Waals surface area contributed by atoms with Gasteiger partial charge in [-0.2, -0.15) is 0 Å². The number of oxazole rings is 2. The summed E-state index contributed by atoms with van der Waals surface area (Å²) in [5.41, 5.74) is 7.18. The van der Waals surface area contributed by atoms with Crippen molar-refractivity contribution in [3.05, 3.63) is 185 Å². The average Bonchev–Trinajstić information content (AvgIpc) is 3.99. The monoisotopic (exact) mass is 801 g/mol. The van der Waals surface area contributed by atoms with Gasteiger partial charge in [-0.05, 0) is 86.0 Å². The van der Waals surface area contributed by atoms with Gasteiger partial charge in [0.1, 0.15) is 23.0 Å². The molecule has 1 N–H and O–H groups in total. The summed E-state index contributed by atoms with van der Waals surface area (Å²) in [6.07, 6.45) is 5.45. The van der Waals surface area contributed by atoms with Crippen molar-refractivity contribution in [1.29, 1.82) is 0 Å². The highest BCUT2D eigenvalue weighted by atomic mass is 16.5. The van der Waals surface area contributed by atoms with Crippen LogP contribution in [0.2, 0.25) is 0 Å². The fraction of sp³-hybridized carbons (Fsp3) is 0.235. The van der Waals surface area contributed by atoms with E-state index in [4.69, 9.17) is 18.3 Å². The van der Waals surface area contributed by atoms with Crippen molar-refractivity contribution in [1.82, 2.24) is 14.9 Å². The molecule has 3 heterocycles. The van der Waals surface area contributed by atoms with Gasteiger partial charge in [0.25, 0.3) is 0 Å². The molecule has 8 rings (SSSR count). The summed E-state index contributed by atoms with van der Waals surface area (Å²) in [5, 5.41) is 9.84. The molecule has 0 aliphatic carbocycles. The van der Waals surface area contributed by atoms with Gasteiger partial charge in [0.2, 0.25) is 11.8 Å². The maximum absolute atomic E-state index is 12.0. The summed E-state index contributed by atoms with van der Waals surface area (Å²) < 4.78 is 23.4. The van der Waals surface area contributed by atoms with Crippen molar-refractivity contribution in [2.24, 2.45) is 5.92 Å². The molecule has 1 fully saturated rings. The number of rotatable bonds is 15. The minimum Gasteiger partial charge on any atom is -0.493 e. The lowest BCUT2D eigenvalue weighted by atomic mass is 9.89. The average molecular weight is 802 g/mol. The first-order chi connectivity index (χ1) is 29.3. The zero-order chi connectivity index (χ0) is 41.7. The molecule has 9 nitrogen and oxygen atoms in total. The normalized spacial score (nSPS) is 15.1. The van der Waals surface area contributed by atoms with E-state index >= 15 is 0 Å². The molecule has 1 aliphatic rings. The minimum atomic E-state index is -0.742. The van der Waals surface area contributed by atoms with Crippen LogP contribution in [0.15, 0.2) is 154 Å². The molecule has 9 heteroatoms. The molecule has 0 unspecified atom stereocenters. The number of aromatic nitrogens is 2. The molecule has 1 saturated heterocycles. The lowest BCUT2D eigenvalue weighted by Crippen LogP contribution is -2.23. The third kappa shape index (κ3) is 11.1. The largest absolute Gasteiger partial charge is 0.493 e. The standard InChI is InChI=1S/C30H30N2O4.C21H21NO2/c1-21-28(31-29(36-21)24-10-6-3-7-11-24)16-17-35-25-14-12-23(13-15-25)26-19-32(20-27(26)30(33)34)18-22-8-4-2-5-9-22;1-3-7-17-10-12-19(13-11-17)23-15-14-20-16(2)24-21(22-20)18-8-5-4-6-9-18/h2-15,26-27H,16-20H2,1H3,(H,33,34);3-13H,14-15H2,1-2H3/b;7-3-/t26-,27-;/m1./s1. The lowest BCUT2D eigenvalue weighted by molar-refractivity contribution is -0.141. The van der Waals surface area contributed by atoms with E-state index in [1.165, 1.54) is 11.1 Å². The van der Waals surface area contributed by atoms with Gasteiger partial charge in [0, 0.05) is 49.5 Å². The Morgan fingerprint density at radius 3 is 1.65 bits per heavy atom. The number of nitrogens with zero attached hydrogens (tertiary/aromatic N) is 3. The van der Waals surface area contributed by atoms with Crippen LogP contribution in [0.5, 0.6) is 11.5 Å². The van der Waals surface area contributed by atoms with Crippen LogP contribution in [0.1, 0.15) is 52.4 Å². The van der Waals surface area contributed by atoms with Crippen LogP contribution in [0.4, 0.5) is 0 Å². The van der Waals surface area contributed by atoms with Gasteiger partial charge in [-0.1, -0.05) is 103 Å². The highest BCUT2D eigenvalue weighted by Crippen LogP contribution is 2.35. The van der Waals surface area contributed by atoms with Crippen LogP contribution in [-0.4, -0.2) is 52.2 Å². The number of hydrogen-bond acceptors (Lipinski definition) is 8. The number of carboxylic acid groups (broad SMARTS) is 1. The number of allylic oxidation sites excluding steroid dienone is 1. The quantitative estimate of drug-likeness (QED) is 0.108. The van der Waals surface area contributed by atoms with E-state index in [0.717, 1.165) is 70.6 Å². The molecule has 2 aromatic heterocycles. The second kappa shape index (κ2) is 20.3. The number of carboxylic acids is 1. The summed E-state index contributed by atoms with van der Waals surface area (Å²) in [5.74, 6) is 3.35. The summed E-state index contributed by atoms with van der Waals surface area (Å²) in [4.78, 5) is 23.4. The maximum Gasteiger partial charge on any atom is 0.308 e. The fourth-order valence-electron chi connectivity index (χ4n) is 7.38. The molecule has 2 atom stereocenters. The summed E-state index contributed by atoms with van der Waals surface area (Å²) in [6.45, 7) is 8.96. The van der Waals surface area contributed by atoms with Crippen LogP contribution >= 0.6 is 0 Å². The van der Waals surface area contributed by atoms with Gasteiger partial charge < -0.3 is 23.4 Å². The molecule has 0 saturated carbocycles. The molecule has 60 heavy (non-hydrogen) atoms. The number of aliphatic carboxylic acids is 1. The predicted octanol–water partition coefficient (Wildman–Crippen LogP) is 10.9. The minimum absolute atomic E-state index is 0.0468. The van der Waals surface area contributed by atoms with E-state index in [-0.39, 0.29) is 5.92 Å². The van der Waals surface area contributed by atoms with Gasteiger partial charge >= 0.3 is 5.97 Å². The number of hydrogen-bond donors (Lipinski definition) is 1. The van der Waals surface area contributed by atoms with Crippen molar-refractivity contribution in [3.63, 3.8) is 0 Å². The second-order valence-corrected chi connectivity index (χ2v) is 14.8. The van der Waals surface area contributed by atoms with Crippen molar-refractivity contribution in [2.45, 2.75) is 46.1 Å². The Hall–Kier alpha value is -6.71. The van der Waals surface area contributed by atoms with Crippen LogP contribution < -0.4 is 9.47 Å². The predicted molar refractivity (Wildman–Crippen MR) is 235 cm³/mol. The number of benzene rings is 5. The van der Waals surface area contributed by atoms with Crippen molar-refractivity contribution < 1.29 is 28.2 Å². The summed E-state index contributed by atoms with van der Waals surface area (Å²) in [7, 11) is 0. The van der Waals surface area contributed by atoms with Crippen molar-refractivity contribution >= 4 is 12.0 Å². The van der Waals surface area contributed by atoms with E-state index in [0.29, 0.717) is 38.0 Å². The number of ether oxygens (including phenoxy) is 2. The first-order valence-electron chi connectivity index (χ1n) is 20.4. The SMILES string of the molecule is C/C=C\c1ccc(OCCc2nc(-c3ccccc3)oc2C)cc1.Cc1oc(-c2ccccc2)nc1CCOc1ccc([C@H]2CN(Cc3ccccc3)C[C@H]2C(=O)O)cc1. The molecular formula is C51H51N3O6. The molecule has 0 radical (unpaired) electrons. The molecule has 0 amide bonds. The van der Waals surface area contributed by atoms with E-state index in [1.54, 1.807) is 0 Å². The van der Waals surface area contributed by atoms with Gasteiger partial charge in [-0.15, -0.1) is 0 Å². The Labute approximate surface area is 352 Å². The third-order valence-electron chi connectivity index (χ3n) is 10.6. The van der Waals surface area contributed by atoms with Crippen LogP contribution in [0.25, 0.3) is 29.0 Å². The Kier molecular flexibility index (Phi) is 14.0. The van der Waals surface area contributed by atoms with Crippen LogP contribution in [0.3, 0.4) is 0 Å². The first kappa shape index (κ1) is 41.4. The van der Waals surface area contributed by atoms with E-state index in [9.17, 15) is 9.90 Å². The van der Waals surface area contributed by atoms with Crippen molar-refractivity contribution in [2.75, 3.05) is 26.3 Å². The van der Waals surface area contributed by atoms with Crippen molar-refractivity contribution in [3.8, 4) is 34.4 Å². The van der Waals surface area contributed by atoms with Gasteiger partial charge in [-0.3, -0.25) is 9.69 Å². The Bertz CT molecular complexity index is 2430. The molecule has 0 bridgehead atoms.